The number of piperidine rings is 3. The summed E-state index contributed by atoms with van der Waals surface area (Å²) in [7, 11) is 1.44. The van der Waals surface area contributed by atoms with Crippen molar-refractivity contribution in [1.29, 1.82) is 0 Å². The van der Waals surface area contributed by atoms with Crippen LogP contribution >= 0.6 is 31.9 Å². The third-order valence-corrected chi connectivity index (χ3v) is 12.4. The Hall–Kier alpha value is -3.36. The minimum atomic E-state index is -0.752. The lowest BCUT2D eigenvalue weighted by atomic mass is 9.91. The Labute approximate surface area is 317 Å². The highest BCUT2D eigenvalue weighted by molar-refractivity contribution is 9.11. The molecule has 2 aromatic carbocycles. The second-order valence-corrected chi connectivity index (χ2v) is 16.0. The summed E-state index contributed by atoms with van der Waals surface area (Å²) >= 11 is 7.05. The fraction of sp³-hybridized carbons (Fsp3) is 0.568. The topological polar surface area (TPSA) is 141 Å². The first-order chi connectivity index (χ1) is 24.6. The van der Waals surface area contributed by atoms with Gasteiger partial charge in [-0.1, -0.05) is 18.2 Å². The van der Waals surface area contributed by atoms with Crippen LogP contribution in [0.5, 0.6) is 0 Å². The van der Waals surface area contributed by atoms with E-state index >= 15 is 0 Å². The van der Waals surface area contributed by atoms with Gasteiger partial charge in [0.15, 0.2) is 0 Å². The van der Waals surface area contributed by atoms with Crippen LogP contribution in [0.4, 0.5) is 21.0 Å². The number of esters is 1. The molecule has 4 heterocycles. The van der Waals surface area contributed by atoms with Gasteiger partial charge in [0.05, 0.1) is 12.8 Å². The summed E-state index contributed by atoms with van der Waals surface area (Å²) < 4.78 is 6.31. The summed E-state index contributed by atoms with van der Waals surface area (Å²) in [4.78, 5) is 60.9. The van der Waals surface area contributed by atoms with E-state index in [0.717, 1.165) is 71.0 Å². The van der Waals surface area contributed by atoms with Gasteiger partial charge in [0.25, 0.3) is 0 Å². The van der Waals surface area contributed by atoms with Crippen molar-refractivity contribution in [2.24, 2.45) is 5.92 Å². The van der Waals surface area contributed by atoms with Gasteiger partial charge in [0, 0.05) is 72.3 Å². The van der Waals surface area contributed by atoms with Crippen molar-refractivity contribution in [2.45, 2.75) is 75.9 Å². The van der Waals surface area contributed by atoms with Crippen LogP contribution in [-0.4, -0.2) is 115 Å². The van der Waals surface area contributed by atoms with E-state index in [9.17, 15) is 19.2 Å². The maximum absolute atomic E-state index is 14.2. The third kappa shape index (κ3) is 9.18. The molecule has 12 nitrogen and oxygen atoms in total. The van der Waals surface area contributed by atoms with Crippen LogP contribution in [0.15, 0.2) is 45.3 Å². The zero-order valence-corrected chi connectivity index (χ0v) is 32.4. The zero-order valence-electron chi connectivity index (χ0n) is 29.3. The fourth-order valence-corrected chi connectivity index (χ4v) is 9.34. The Kier molecular flexibility index (Phi) is 12.5. The van der Waals surface area contributed by atoms with Crippen LogP contribution in [-0.2, 0) is 27.2 Å². The first kappa shape index (κ1) is 37.4. The number of rotatable bonds is 8. The van der Waals surface area contributed by atoms with Crippen LogP contribution < -0.4 is 16.4 Å². The number of nitrogens with one attached hydrogen (secondary N) is 2. The number of hydrogen-bond donors (Lipinski definition) is 3. The van der Waals surface area contributed by atoms with Crippen molar-refractivity contribution < 1.29 is 23.9 Å². The molecule has 6 rings (SSSR count). The molecule has 0 bridgehead atoms. The van der Waals surface area contributed by atoms with Gasteiger partial charge in [-0.25, -0.2) is 9.59 Å². The molecule has 0 radical (unpaired) electrons. The van der Waals surface area contributed by atoms with Gasteiger partial charge >= 0.3 is 18.0 Å². The second-order valence-electron chi connectivity index (χ2n) is 14.2. The van der Waals surface area contributed by atoms with E-state index in [1.165, 1.54) is 7.11 Å². The molecule has 0 aliphatic carbocycles. The molecule has 1 atom stereocenters. The number of methoxy groups -OCH3 is 1. The number of hydrogen-bond acceptors (Lipinski definition) is 7. The summed E-state index contributed by atoms with van der Waals surface area (Å²) in [5.41, 5.74) is 9.59. The number of ether oxygens (including phenoxy) is 1. The van der Waals surface area contributed by atoms with Crippen LogP contribution in [0.1, 0.15) is 56.1 Å². The lowest BCUT2D eigenvalue weighted by molar-refractivity contribution is -0.142. The smallest absolute Gasteiger partial charge is 0.322 e. The molecule has 3 fully saturated rings. The molecule has 2 aromatic rings. The summed E-state index contributed by atoms with van der Waals surface area (Å²) in [6.07, 6.45) is 6.61. The van der Waals surface area contributed by atoms with Crippen molar-refractivity contribution in [3.8, 4) is 0 Å². The highest BCUT2D eigenvalue weighted by Gasteiger charge is 2.36. The maximum Gasteiger partial charge on any atom is 0.322 e. The molecule has 0 saturated carbocycles. The Morgan fingerprint density at radius 1 is 0.902 bits per heavy atom. The number of carbonyl (C=O) groups is 4. The number of nitrogen functional groups attached to an aromatic ring is 1. The van der Waals surface area contributed by atoms with Crippen LogP contribution in [0, 0.1) is 5.92 Å². The molecule has 0 spiro atoms. The van der Waals surface area contributed by atoms with Crippen molar-refractivity contribution in [3.63, 3.8) is 0 Å². The van der Waals surface area contributed by atoms with Crippen LogP contribution in [0.2, 0.25) is 0 Å². The number of para-hydroxylation sites is 1. The summed E-state index contributed by atoms with van der Waals surface area (Å²) in [5, 5.41) is 6.16. The monoisotopic (exact) mass is 829 g/mol. The van der Waals surface area contributed by atoms with Crippen molar-refractivity contribution in [3.05, 3.63) is 56.5 Å². The van der Waals surface area contributed by atoms with Crippen LogP contribution in [0.3, 0.4) is 0 Å². The molecule has 5 amide bonds. The molecule has 4 aliphatic heterocycles. The molecule has 4 aliphatic rings. The van der Waals surface area contributed by atoms with E-state index in [4.69, 9.17) is 10.5 Å². The van der Waals surface area contributed by atoms with Gasteiger partial charge < -0.3 is 40.7 Å². The molecule has 0 unspecified atom stereocenters. The number of fused-ring (bicyclic) bond motifs is 1. The van der Waals surface area contributed by atoms with Gasteiger partial charge in [0.1, 0.15) is 6.04 Å². The maximum atomic E-state index is 14.2. The van der Waals surface area contributed by atoms with Crippen LogP contribution in [0.25, 0.3) is 0 Å². The molecular formula is C37H49Br2N7O5. The SMILES string of the molecule is COC(=O)CC1CCN(C2CCN(C(=O)[C@@H](Cc3cc(Br)c(N)c(Br)c3)NC(=O)N3CCC(N4CCc5ccccc5NC4=O)CC3)CC2)CC1. The number of likely N-dealkylation sites (tertiary alicyclic amines) is 3. The van der Waals surface area contributed by atoms with Crippen molar-refractivity contribution in [2.75, 3.05) is 64.0 Å². The largest absolute Gasteiger partial charge is 0.469 e. The van der Waals surface area contributed by atoms with Gasteiger partial charge in [0.2, 0.25) is 5.91 Å². The molecule has 0 aromatic heterocycles. The number of carbonyl (C=O) groups excluding carboxylic acids is 4. The van der Waals surface area contributed by atoms with Crippen molar-refractivity contribution in [1.82, 2.24) is 24.9 Å². The number of benzene rings is 2. The number of anilines is 2. The van der Waals surface area contributed by atoms with E-state index in [1.807, 2.05) is 46.2 Å². The fourth-order valence-electron chi connectivity index (χ4n) is 8.06. The standard InChI is InChI=1S/C37H49Br2N7O5/c1-51-33(47)23-24-6-13-43(14-7-24)27-9-15-44(16-10-27)35(48)32(22-25-20-29(38)34(40)30(39)21-25)42-36(49)45-17-11-28(12-18-45)46-19-8-26-4-2-3-5-31(26)41-37(46)50/h2-5,20-21,24,27-28,32H,6-19,22-23,40H2,1H3,(H,41,50)(H,42,49)/t32-/m1/s1. The van der Waals surface area contributed by atoms with Crippen molar-refractivity contribution >= 4 is 67.2 Å². The number of amides is 5. The average Bonchev–Trinajstić information content (AvgIpc) is 3.31. The van der Waals surface area contributed by atoms with Gasteiger partial charge in [-0.05, 0) is 125 Å². The number of halogens is 2. The van der Waals surface area contributed by atoms with E-state index < -0.39 is 6.04 Å². The number of nitrogens with two attached hydrogens (primary N) is 1. The lowest BCUT2D eigenvalue weighted by Gasteiger charge is -2.42. The third-order valence-electron chi connectivity index (χ3n) is 11.1. The Bertz CT molecular complexity index is 1560. The lowest BCUT2D eigenvalue weighted by Crippen LogP contribution is -2.57. The quantitative estimate of drug-likeness (QED) is 0.245. The Balaban J connectivity index is 1.06. The molecule has 14 heteroatoms. The average molecular weight is 832 g/mol. The van der Waals surface area contributed by atoms with E-state index in [1.54, 1.807) is 4.90 Å². The van der Waals surface area contributed by atoms with Gasteiger partial charge in [-0.3, -0.25) is 9.59 Å². The van der Waals surface area contributed by atoms with E-state index in [2.05, 4.69) is 47.4 Å². The second kappa shape index (κ2) is 17.0. The van der Waals surface area contributed by atoms with E-state index in [-0.39, 0.29) is 30.0 Å². The summed E-state index contributed by atoms with van der Waals surface area (Å²) in [6, 6.07) is 11.0. The predicted octanol–water partition coefficient (Wildman–Crippen LogP) is 5.24. The molecule has 3 saturated heterocycles. The minimum absolute atomic E-state index is 0.0326. The molecule has 4 N–H and O–H groups in total. The predicted molar refractivity (Wildman–Crippen MR) is 203 cm³/mol. The zero-order chi connectivity index (χ0) is 36.1. The summed E-state index contributed by atoms with van der Waals surface area (Å²) in [6.45, 7) is 4.77. The Morgan fingerprint density at radius 2 is 1.53 bits per heavy atom. The van der Waals surface area contributed by atoms with Gasteiger partial charge in [-0.2, -0.15) is 0 Å². The number of nitrogens with zero attached hydrogens (tertiary/aromatic N) is 4. The molecular weight excluding hydrogens is 782 g/mol. The Morgan fingerprint density at radius 3 is 2.20 bits per heavy atom. The normalized spacial score (nSPS) is 20.3. The minimum Gasteiger partial charge on any atom is -0.469 e. The molecule has 276 valence electrons. The highest BCUT2D eigenvalue weighted by Crippen LogP contribution is 2.31. The highest BCUT2D eigenvalue weighted by atomic mass is 79.9. The first-order valence-corrected chi connectivity index (χ1v) is 19.7. The number of urea groups is 2. The first-order valence-electron chi connectivity index (χ1n) is 18.1. The molecule has 51 heavy (non-hydrogen) atoms. The van der Waals surface area contributed by atoms with Gasteiger partial charge in [-0.15, -0.1) is 0 Å². The van der Waals surface area contributed by atoms with E-state index in [0.29, 0.717) is 76.1 Å². The summed E-state index contributed by atoms with van der Waals surface area (Å²) in [5.74, 6) is 0.141.